The molecule has 1 N–H and O–H groups in total. The van der Waals surface area contributed by atoms with Gasteiger partial charge in [-0.1, -0.05) is 42.5 Å². The Hall–Kier alpha value is -3.87. The van der Waals surface area contributed by atoms with Crippen LogP contribution >= 0.6 is 0 Å². The van der Waals surface area contributed by atoms with Crippen LogP contribution in [0.1, 0.15) is 23.5 Å². The van der Waals surface area contributed by atoms with Gasteiger partial charge in [-0.05, 0) is 23.8 Å². The van der Waals surface area contributed by atoms with Gasteiger partial charge in [-0.3, -0.25) is 14.6 Å². The van der Waals surface area contributed by atoms with Crippen LogP contribution in [0.5, 0.6) is 11.5 Å². The summed E-state index contributed by atoms with van der Waals surface area (Å²) in [5.41, 5.74) is 2.23. The molecule has 0 saturated carbocycles. The number of nitrogens with one attached hydrogen (secondary N) is 1. The molecular formula is C24H22N2O5. The Morgan fingerprint density at radius 1 is 1.03 bits per heavy atom. The summed E-state index contributed by atoms with van der Waals surface area (Å²) in [5, 5.41) is 2.82. The number of benzene rings is 2. The predicted molar refractivity (Wildman–Crippen MR) is 114 cm³/mol. The van der Waals surface area contributed by atoms with E-state index < -0.39 is 18.0 Å². The number of ether oxygens (including phenoxy) is 3. The average Bonchev–Trinajstić information content (AvgIpc) is 3.17. The molecule has 2 aromatic carbocycles. The van der Waals surface area contributed by atoms with Crippen LogP contribution in [0.4, 0.5) is 5.69 Å². The normalized spacial score (nSPS) is 16.7. The average molecular weight is 418 g/mol. The molecular weight excluding hydrogens is 396 g/mol. The number of para-hydroxylation sites is 1. The monoisotopic (exact) mass is 418 g/mol. The van der Waals surface area contributed by atoms with Gasteiger partial charge in [0, 0.05) is 29.6 Å². The maximum absolute atomic E-state index is 13.0. The molecule has 0 fully saturated rings. The number of aromatic nitrogens is 1. The third kappa shape index (κ3) is 4.66. The lowest BCUT2D eigenvalue weighted by Gasteiger charge is -2.18. The molecule has 2 atom stereocenters. The van der Waals surface area contributed by atoms with E-state index in [0.717, 1.165) is 11.1 Å². The van der Waals surface area contributed by atoms with Crippen LogP contribution in [0.25, 0.3) is 0 Å². The molecule has 2 unspecified atom stereocenters. The Bertz CT molecular complexity index is 1060. The molecule has 1 aliphatic heterocycles. The smallest absolute Gasteiger partial charge is 0.306 e. The van der Waals surface area contributed by atoms with Crippen LogP contribution in [0.3, 0.4) is 0 Å². The van der Waals surface area contributed by atoms with Crippen molar-refractivity contribution in [3.63, 3.8) is 0 Å². The van der Waals surface area contributed by atoms with Crippen LogP contribution in [-0.2, 0) is 20.9 Å². The fourth-order valence-corrected chi connectivity index (χ4v) is 3.56. The first-order valence-electron chi connectivity index (χ1n) is 9.89. The molecule has 31 heavy (non-hydrogen) atoms. The molecule has 0 aliphatic carbocycles. The lowest BCUT2D eigenvalue weighted by Crippen LogP contribution is -2.35. The van der Waals surface area contributed by atoms with E-state index in [1.165, 1.54) is 7.11 Å². The maximum atomic E-state index is 13.0. The molecule has 158 valence electrons. The van der Waals surface area contributed by atoms with Crippen molar-refractivity contribution in [1.82, 2.24) is 4.98 Å². The van der Waals surface area contributed by atoms with Crippen molar-refractivity contribution in [2.45, 2.75) is 25.0 Å². The number of hydrogen-bond acceptors (Lipinski definition) is 6. The van der Waals surface area contributed by atoms with E-state index in [0.29, 0.717) is 17.2 Å². The second-order valence-electron chi connectivity index (χ2n) is 7.10. The number of fused-ring (bicyclic) bond motifs is 1. The van der Waals surface area contributed by atoms with E-state index in [-0.39, 0.29) is 18.9 Å². The fraction of sp³-hybridized carbons (Fsp3) is 0.208. The first-order chi connectivity index (χ1) is 15.2. The molecule has 1 aromatic heterocycles. The largest absolute Gasteiger partial charge is 0.493 e. The number of pyridine rings is 1. The summed E-state index contributed by atoms with van der Waals surface area (Å²) in [6.07, 6.45) is 2.27. The summed E-state index contributed by atoms with van der Waals surface area (Å²) >= 11 is 0. The lowest BCUT2D eigenvalue weighted by molar-refractivity contribution is -0.146. The molecule has 0 spiro atoms. The van der Waals surface area contributed by atoms with Crippen LogP contribution in [0, 0.1) is 0 Å². The highest BCUT2D eigenvalue weighted by Crippen LogP contribution is 2.46. The molecule has 4 rings (SSSR count). The van der Waals surface area contributed by atoms with Crippen molar-refractivity contribution in [3.8, 4) is 11.5 Å². The number of anilines is 1. The lowest BCUT2D eigenvalue weighted by atomic mass is 9.91. The van der Waals surface area contributed by atoms with Gasteiger partial charge in [-0.15, -0.1) is 0 Å². The number of methoxy groups -OCH3 is 1. The summed E-state index contributed by atoms with van der Waals surface area (Å²) < 4.78 is 16.8. The summed E-state index contributed by atoms with van der Waals surface area (Å²) in [5.74, 6) is -0.282. The van der Waals surface area contributed by atoms with Gasteiger partial charge in [0.15, 0.2) is 17.6 Å². The van der Waals surface area contributed by atoms with Crippen molar-refractivity contribution in [2.24, 2.45) is 0 Å². The zero-order valence-corrected chi connectivity index (χ0v) is 17.0. The SMILES string of the molecule is COc1cccc2c1OC(C(=O)Nc1ccncc1)C2CC(=O)OCc1ccccc1. The number of amides is 1. The van der Waals surface area contributed by atoms with Crippen LogP contribution < -0.4 is 14.8 Å². The number of carbonyl (C=O) groups excluding carboxylic acids is 2. The van der Waals surface area contributed by atoms with Crippen molar-refractivity contribution in [1.29, 1.82) is 0 Å². The van der Waals surface area contributed by atoms with Gasteiger partial charge in [0.25, 0.3) is 5.91 Å². The van der Waals surface area contributed by atoms with Crippen LogP contribution in [-0.4, -0.2) is 30.1 Å². The van der Waals surface area contributed by atoms with Gasteiger partial charge < -0.3 is 19.5 Å². The van der Waals surface area contributed by atoms with E-state index in [1.807, 2.05) is 42.5 Å². The molecule has 7 heteroatoms. The summed E-state index contributed by atoms with van der Waals surface area (Å²) in [6, 6.07) is 18.2. The standard InChI is InChI=1S/C24H22N2O5/c1-29-20-9-5-8-18-19(14-21(27)30-15-16-6-3-2-4-7-16)23(31-22(18)20)24(28)26-17-10-12-25-13-11-17/h2-13,19,23H,14-15H2,1H3,(H,25,26,28). The Morgan fingerprint density at radius 2 is 1.81 bits per heavy atom. The summed E-state index contributed by atoms with van der Waals surface area (Å²) in [7, 11) is 1.53. The molecule has 2 heterocycles. The van der Waals surface area contributed by atoms with Gasteiger partial charge in [-0.25, -0.2) is 0 Å². The Kier molecular flexibility index (Phi) is 6.12. The second kappa shape index (κ2) is 9.30. The Morgan fingerprint density at radius 3 is 2.55 bits per heavy atom. The number of nitrogens with zero attached hydrogens (tertiary/aromatic N) is 1. The van der Waals surface area contributed by atoms with Gasteiger partial charge in [0.1, 0.15) is 6.61 Å². The van der Waals surface area contributed by atoms with Gasteiger partial charge in [-0.2, -0.15) is 0 Å². The fourth-order valence-electron chi connectivity index (χ4n) is 3.56. The second-order valence-corrected chi connectivity index (χ2v) is 7.10. The number of hydrogen-bond donors (Lipinski definition) is 1. The highest BCUT2D eigenvalue weighted by atomic mass is 16.5. The topological polar surface area (TPSA) is 86.8 Å². The highest BCUT2D eigenvalue weighted by molar-refractivity contribution is 5.96. The zero-order chi connectivity index (χ0) is 21.6. The van der Waals surface area contributed by atoms with E-state index in [2.05, 4.69) is 10.3 Å². The number of rotatable bonds is 7. The quantitative estimate of drug-likeness (QED) is 0.589. The molecule has 0 bridgehead atoms. The van der Waals surface area contributed by atoms with E-state index in [9.17, 15) is 9.59 Å². The molecule has 1 amide bonds. The predicted octanol–water partition coefficient (Wildman–Crippen LogP) is 3.71. The van der Waals surface area contributed by atoms with Crippen molar-refractivity contribution < 1.29 is 23.8 Å². The minimum atomic E-state index is -0.899. The van der Waals surface area contributed by atoms with Gasteiger partial charge >= 0.3 is 5.97 Å². The molecule has 7 nitrogen and oxygen atoms in total. The van der Waals surface area contributed by atoms with Crippen molar-refractivity contribution in [2.75, 3.05) is 12.4 Å². The number of carbonyl (C=O) groups is 2. The van der Waals surface area contributed by atoms with E-state index in [4.69, 9.17) is 14.2 Å². The molecule has 0 radical (unpaired) electrons. The minimum absolute atomic E-state index is 0.00142. The first-order valence-corrected chi connectivity index (χ1v) is 9.89. The van der Waals surface area contributed by atoms with Crippen LogP contribution in [0.15, 0.2) is 73.1 Å². The minimum Gasteiger partial charge on any atom is -0.493 e. The van der Waals surface area contributed by atoms with Crippen molar-refractivity contribution in [3.05, 3.63) is 84.2 Å². The molecule has 3 aromatic rings. The maximum Gasteiger partial charge on any atom is 0.306 e. The molecule has 1 aliphatic rings. The number of esters is 1. The third-order valence-electron chi connectivity index (χ3n) is 5.07. The van der Waals surface area contributed by atoms with Gasteiger partial charge in [0.05, 0.1) is 13.5 Å². The highest BCUT2D eigenvalue weighted by Gasteiger charge is 2.42. The van der Waals surface area contributed by atoms with E-state index >= 15 is 0 Å². The Labute approximate surface area is 180 Å². The van der Waals surface area contributed by atoms with Crippen LogP contribution in [0.2, 0.25) is 0 Å². The third-order valence-corrected chi connectivity index (χ3v) is 5.07. The van der Waals surface area contributed by atoms with E-state index in [1.54, 1.807) is 30.6 Å². The zero-order valence-electron chi connectivity index (χ0n) is 17.0. The molecule has 0 saturated heterocycles. The Balaban J connectivity index is 1.52. The van der Waals surface area contributed by atoms with Gasteiger partial charge in [0.2, 0.25) is 0 Å². The summed E-state index contributed by atoms with van der Waals surface area (Å²) in [6.45, 7) is 0.173. The van der Waals surface area contributed by atoms with Crippen molar-refractivity contribution >= 4 is 17.6 Å². The summed E-state index contributed by atoms with van der Waals surface area (Å²) in [4.78, 5) is 29.6. The first kappa shape index (κ1) is 20.4.